The van der Waals surface area contributed by atoms with Crippen LogP contribution >= 0.6 is 0 Å². The van der Waals surface area contributed by atoms with Gasteiger partial charge < -0.3 is 4.90 Å². The summed E-state index contributed by atoms with van der Waals surface area (Å²) in [6.07, 6.45) is 1.58. The molecule has 3 aromatic rings. The lowest BCUT2D eigenvalue weighted by molar-refractivity contribution is -0.119. The van der Waals surface area contributed by atoms with Crippen LogP contribution in [-0.2, 0) is 4.79 Å². The highest BCUT2D eigenvalue weighted by Crippen LogP contribution is 2.36. The molecule has 0 spiro atoms. The zero-order chi connectivity index (χ0) is 19.7. The van der Waals surface area contributed by atoms with Crippen LogP contribution in [-0.4, -0.2) is 38.7 Å². The van der Waals surface area contributed by atoms with E-state index in [2.05, 4.69) is 10.5 Å². The van der Waals surface area contributed by atoms with Crippen molar-refractivity contribution in [2.75, 3.05) is 30.4 Å². The predicted molar refractivity (Wildman–Crippen MR) is 112 cm³/mol. The van der Waals surface area contributed by atoms with E-state index in [1.165, 1.54) is 4.90 Å². The number of amides is 2. The molecule has 0 atom stereocenters. The van der Waals surface area contributed by atoms with E-state index in [9.17, 15) is 9.59 Å². The Labute approximate surface area is 163 Å². The number of hydrogen-bond donors (Lipinski definition) is 1. The lowest BCUT2D eigenvalue weighted by atomic mass is 10.1. The van der Waals surface area contributed by atoms with Crippen LogP contribution in [0.15, 0.2) is 65.8 Å². The highest BCUT2D eigenvalue weighted by atomic mass is 16.2. The molecule has 0 saturated carbocycles. The van der Waals surface area contributed by atoms with E-state index in [1.807, 2.05) is 73.6 Å². The van der Waals surface area contributed by atoms with Crippen molar-refractivity contribution in [2.24, 2.45) is 5.10 Å². The van der Waals surface area contributed by atoms with Gasteiger partial charge >= 0.3 is 0 Å². The quantitative estimate of drug-likeness (QED) is 0.553. The minimum absolute atomic E-state index is 0.0798. The SMILES string of the molecule is CN(C)c1ccc(/C=N/NC(=O)CN2C(=O)c3cccc4cccc2c34)cc1. The number of hydrazone groups is 1. The van der Waals surface area contributed by atoms with Crippen LogP contribution in [0.5, 0.6) is 0 Å². The van der Waals surface area contributed by atoms with Gasteiger partial charge in [0.2, 0.25) is 0 Å². The topological polar surface area (TPSA) is 65.0 Å². The summed E-state index contributed by atoms with van der Waals surface area (Å²) < 4.78 is 0. The fourth-order valence-electron chi connectivity index (χ4n) is 3.35. The maximum Gasteiger partial charge on any atom is 0.260 e. The maximum atomic E-state index is 12.7. The van der Waals surface area contributed by atoms with Gasteiger partial charge in [-0.2, -0.15) is 5.10 Å². The molecule has 0 fully saturated rings. The Morgan fingerprint density at radius 1 is 1.07 bits per heavy atom. The van der Waals surface area contributed by atoms with E-state index in [0.717, 1.165) is 27.7 Å². The van der Waals surface area contributed by atoms with Crippen LogP contribution in [0.25, 0.3) is 10.8 Å². The second-order valence-corrected chi connectivity index (χ2v) is 6.85. The van der Waals surface area contributed by atoms with Crippen molar-refractivity contribution in [1.82, 2.24) is 5.43 Å². The van der Waals surface area contributed by atoms with E-state index in [4.69, 9.17) is 0 Å². The normalized spacial score (nSPS) is 12.8. The van der Waals surface area contributed by atoms with Gasteiger partial charge in [0.25, 0.3) is 11.8 Å². The van der Waals surface area contributed by atoms with Gasteiger partial charge in [-0.05, 0) is 35.2 Å². The molecule has 4 rings (SSSR count). The van der Waals surface area contributed by atoms with E-state index in [1.54, 1.807) is 12.3 Å². The van der Waals surface area contributed by atoms with E-state index in [-0.39, 0.29) is 18.4 Å². The standard InChI is InChI=1S/C22H20N4O2/c1-25(2)17-11-9-15(10-12-17)13-23-24-20(27)14-26-19-8-4-6-16-5-3-7-18(21(16)19)22(26)28/h3-13H,14H2,1-2H3,(H,24,27)/b23-13+. The van der Waals surface area contributed by atoms with Crippen LogP contribution in [0.1, 0.15) is 15.9 Å². The molecule has 140 valence electrons. The molecule has 6 heteroatoms. The molecule has 2 amide bonds. The van der Waals surface area contributed by atoms with E-state index >= 15 is 0 Å². The van der Waals surface area contributed by atoms with Crippen molar-refractivity contribution in [2.45, 2.75) is 0 Å². The van der Waals surface area contributed by atoms with E-state index in [0.29, 0.717) is 5.56 Å². The van der Waals surface area contributed by atoms with Gasteiger partial charge in [-0.15, -0.1) is 0 Å². The average molecular weight is 372 g/mol. The van der Waals surface area contributed by atoms with Gasteiger partial charge in [-0.1, -0.05) is 36.4 Å². The monoisotopic (exact) mass is 372 g/mol. The van der Waals surface area contributed by atoms with Crippen LogP contribution in [0.4, 0.5) is 11.4 Å². The molecule has 0 bridgehead atoms. The highest BCUT2D eigenvalue weighted by molar-refractivity contribution is 6.26. The third-order valence-electron chi connectivity index (χ3n) is 4.76. The van der Waals surface area contributed by atoms with Gasteiger partial charge in [0.1, 0.15) is 6.54 Å². The molecular weight excluding hydrogens is 352 g/mol. The lowest BCUT2D eigenvalue weighted by Gasteiger charge is -2.16. The number of hydrogen-bond acceptors (Lipinski definition) is 4. The molecule has 1 aliphatic heterocycles. The fourth-order valence-corrected chi connectivity index (χ4v) is 3.35. The number of anilines is 2. The van der Waals surface area contributed by atoms with Gasteiger partial charge in [0.05, 0.1) is 11.9 Å². The van der Waals surface area contributed by atoms with Crippen LogP contribution in [0.2, 0.25) is 0 Å². The summed E-state index contributed by atoms with van der Waals surface area (Å²) >= 11 is 0. The minimum Gasteiger partial charge on any atom is -0.378 e. The predicted octanol–water partition coefficient (Wildman–Crippen LogP) is 3.02. The molecule has 1 heterocycles. The third kappa shape index (κ3) is 3.20. The fraction of sp³-hybridized carbons (Fsp3) is 0.136. The summed E-state index contributed by atoms with van der Waals surface area (Å²) in [6, 6.07) is 19.1. The van der Waals surface area contributed by atoms with Crippen molar-refractivity contribution < 1.29 is 9.59 Å². The first-order chi connectivity index (χ1) is 13.5. The van der Waals surface area contributed by atoms with Gasteiger partial charge in [0, 0.05) is 30.7 Å². The van der Waals surface area contributed by atoms with Crippen molar-refractivity contribution >= 4 is 40.2 Å². The molecule has 1 N–H and O–H groups in total. The number of benzene rings is 3. The molecule has 28 heavy (non-hydrogen) atoms. The number of carbonyl (C=O) groups excluding carboxylic acids is 2. The summed E-state index contributed by atoms with van der Waals surface area (Å²) in [5.41, 5.74) is 5.85. The summed E-state index contributed by atoms with van der Waals surface area (Å²) in [7, 11) is 3.95. The Balaban J connectivity index is 1.43. The highest BCUT2D eigenvalue weighted by Gasteiger charge is 2.30. The Bertz CT molecular complexity index is 1080. The number of nitrogens with zero attached hydrogens (tertiary/aromatic N) is 3. The van der Waals surface area contributed by atoms with Crippen LogP contribution < -0.4 is 15.2 Å². The number of nitrogens with one attached hydrogen (secondary N) is 1. The van der Waals surface area contributed by atoms with Crippen LogP contribution in [0.3, 0.4) is 0 Å². The lowest BCUT2D eigenvalue weighted by Crippen LogP contribution is -2.37. The summed E-state index contributed by atoms with van der Waals surface area (Å²) in [4.78, 5) is 28.5. The summed E-state index contributed by atoms with van der Waals surface area (Å²) in [5, 5.41) is 5.89. The number of rotatable bonds is 5. The van der Waals surface area contributed by atoms with Gasteiger partial charge in [-0.3, -0.25) is 14.5 Å². The Morgan fingerprint density at radius 3 is 2.50 bits per heavy atom. The van der Waals surface area contributed by atoms with Crippen molar-refractivity contribution in [3.8, 4) is 0 Å². The largest absolute Gasteiger partial charge is 0.378 e. The molecule has 1 aliphatic rings. The smallest absolute Gasteiger partial charge is 0.260 e. The minimum atomic E-state index is -0.348. The van der Waals surface area contributed by atoms with Crippen molar-refractivity contribution in [3.05, 3.63) is 71.8 Å². The van der Waals surface area contributed by atoms with Gasteiger partial charge in [0.15, 0.2) is 0 Å². The zero-order valence-corrected chi connectivity index (χ0v) is 15.7. The first-order valence-electron chi connectivity index (χ1n) is 8.97. The first kappa shape index (κ1) is 17.7. The molecule has 6 nitrogen and oxygen atoms in total. The Hall–Kier alpha value is -3.67. The number of carbonyl (C=O) groups is 2. The Kier molecular flexibility index (Phi) is 4.53. The molecular formula is C22H20N4O2. The molecule has 0 radical (unpaired) electrons. The second-order valence-electron chi connectivity index (χ2n) is 6.85. The molecule has 0 saturated heterocycles. The van der Waals surface area contributed by atoms with Crippen LogP contribution in [0, 0.1) is 0 Å². The molecule has 0 unspecified atom stereocenters. The summed E-state index contributed by atoms with van der Waals surface area (Å²) in [5.74, 6) is -0.510. The zero-order valence-electron chi connectivity index (χ0n) is 15.7. The van der Waals surface area contributed by atoms with Crippen molar-refractivity contribution in [3.63, 3.8) is 0 Å². The van der Waals surface area contributed by atoms with Crippen molar-refractivity contribution in [1.29, 1.82) is 0 Å². The second kappa shape index (κ2) is 7.15. The maximum absolute atomic E-state index is 12.7. The van der Waals surface area contributed by atoms with Gasteiger partial charge in [-0.25, -0.2) is 5.43 Å². The Morgan fingerprint density at radius 2 is 1.79 bits per heavy atom. The molecule has 0 aliphatic carbocycles. The first-order valence-corrected chi connectivity index (χ1v) is 8.97. The third-order valence-corrected chi connectivity index (χ3v) is 4.76. The summed E-state index contributed by atoms with van der Waals surface area (Å²) in [6.45, 7) is -0.0798. The molecule has 0 aromatic heterocycles. The average Bonchev–Trinajstić information content (AvgIpc) is 2.96. The van der Waals surface area contributed by atoms with E-state index < -0.39 is 0 Å². The molecule has 3 aromatic carbocycles.